The molecular formula is C22H42F6N4Zn-4. The molecule has 0 heterocycles. The molecule has 0 aliphatic carbocycles. The minimum Gasteiger partial charge on any atom is -0.657 e. The van der Waals surface area contributed by atoms with E-state index in [1.807, 2.05) is 27.7 Å². The molecule has 0 saturated heterocycles. The van der Waals surface area contributed by atoms with Crippen LogP contribution in [0.15, 0.2) is 0 Å². The molecule has 0 saturated carbocycles. The van der Waals surface area contributed by atoms with Crippen molar-refractivity contribution in [2.75, 3.05) is 0 Å². The number of rotatable bonds is 12. The Balaban J connectivity index is -0.000000529. The maximum atomic E-state index is 12.6. The van der Waals surface area contributed by atoms with Gasteiger partial charge in [-0.3, -0.25) is 0 Å². The summed E-state index contributed by atoms with van der Waals surface area (Å²) in [5.74, 6) is 0. The van der Waals surface area contributed by atoms with E-state index >= 15 is 0 Å². The van der Waals surface area contributed by atoms with Crippen LogP contribution in [0.25, 0.3) is 21.3 Å². The number of alkyl halides is 6. The average Bonchev–Trinajstić information content (AvgIpc) is 2.50. The molecular weight excluding hydrogens is 500 g/mol. The summed E-state index contributed by atoms with van der Waals surface area (Å²) in [6.45, 7) is 17.5. The Morgan fingerprint density at radius 3 is 0.818 bits per heavy atom. The van der Waals surface area contributed by atoms with Crippen molar-refractivity contribution in [1.29, 1.82) is 0 Å². The van der Waals surface area contributed by atoms with Crippen LogP contribution in [-0.4, -0.2) is 60.7 Å². The van der Waals surface area contributed by atoms with Crippen molar-refractivity contribution in [3.05, 3.63) is 21.3 Å². The van der Waals surface area contributed by atoms with E-state index < -0.39 is 24.4 Å². The van der Waals surface area contributed by atoms with Gasteiger partial charge in [-0.1, -0.05) is 82.1 Å². The maximum absolute atomic E-state index is 12.6. The summed E-state index contributed by atoms with van der Waals surface area (Å²) in [5.41, 5.74) is 0. The molecule has 198 valence electrons. The van der Waals surface area contributed by atoms with Gasteiger partial charge in [0.05, 0.1) is 0 Å². The molecule has 0 amide bonds. The van der Waals surface area contributed by atoms with Crippen molar-refractivity contribution in [1.82, 2.24) is 0 Å². The maximum Gasteiger partial charge on any atom is 0.373 e. The Kier molecular flexibility index (Phi) is 19.9. The fourth-order valence-electron chi connectivity index (χ4n) is 3.06. The van der Waals surface area contributed by atoms with E-state index in [4.69, 9.17) is 0 Å². The Labute approximate surface area is 209 Å². The molecule has 0 aromatic heterocycles. The van der Waals surface area contributed by atoms with Gasteiger partial charge in [0.2, 0.25) is 0 Å². The van der Waals surface area contributed by atoms with Gasteiger partial charge in [0.15, 0.2) is 0 Å². The molecule has 0 radical (unpaired) electrons. The van der Waals surface area contributed by atoms with E-state index in [1.54, 1.807) is 41.5 Å². The summed E-state index contributed by atoms with van der Waals surface area (Å²) in [5, 5.41) is 15.8. The van der Waals surface area contributed by atoms with E-state index in [0.29, 0.717) is 0 Å². The van der Waals surface area contributed by atoms with Crippen molar-refractivity contribution in [3.8, 4) is 0 Å². The second-order valence-corrected chi connectivity index (χ2v) is 9.26. The third-order valence-electron chi connectivity index (χ3n) is 3.95. The van der Waals surface area contributed by atoms with E-state index in [0.717, 1.165) is 0 Å². The SMILES string of the molecule is CC(C)[N-]C(C)CC([N-]C(C)C)C(F)(F)F.CC(C)[N-]C(C)CC([N-]C(C)C)C(F)(F)F.[Zn]. The fraction of sp³-hybridized carbons (Fsp3) is 1.00. The van der Waals surface area contributed by atoms with Crippen LogP contribution in [0.3, 0.4) is 0 Å². The van der Waals surface area contributed by atoms with E-state index in [-0.39, 0.29) is 68.6 Å². The second-order valence-electron chi connectivity index (χ2n) is 9.26. The Hall–Kier alpha value is 0.0434. The number of halogens is 6. The predicted molar refractivity (Wildman–Crippen MR) is 122 cm³/mol. The number of nitrogens with zero attached hydrogens (tertiary/aromatic N) is 4. The second kappa shape index (κ2) is 17.5. The molecule has 0 aliphatic rings. The standard InChI is InChI=1S/2C11H21F3N2.Zn/c2*1-7(2)15-9(5)6-10(11(12,13)14)16-8(3)4;/h2*7-10H,6H2,1-5H3;/q2*-2;. The van der Waals surface area contributed by atoms with Gasteiger partial charge in [0.1, 0.15) is 0 Å². The number of hydrogen-bond donors (Lipinski definition) is 0. The summed E-state index contributed by atoms with van der Waals surface area (Å²) >= 11 is 0. The Morgan fingerprint density at radius 2 is 0.667 bits per heavy atom. The first-order valence-electron chi connectivity index (χ1n) is 11.2. The molecule has 4 atom stereocenters. The van der Waals surface area contributed by atoms with Gasteiger partial charge in [-0.05, 0) is 12.1 Å². The van der Waals surface area contributed by atoms with Crippen molar-refractivity contribution >= 4 is 0 Å². The van der Waals surface area contributed by atoms with E-state index in [1.165, 1.54) is 0 Å². The van der Waals surface area contributed by atoms with Gasteiger partial charge >= 0.3 is 12.4 Å². The third-order valence-corrected chi connectivity index (χ3v) is 3.95. The fourth-order valence-corrected chi connectivity index (χ4v) is 3.06. The zero-order valence-corrected chi connectivity index (χ0v) is 24.8. The molecule has 4 unspecified atom stereocenters. The van der Waals surface area contributed by atoms with Crippen LogP contribution in [0.4, 0.5) is 26.3 Å². The predicted octanol–water partition coefficient (Wildman–Crippen LogP) is 8.52. The molecule has 0 rings (SSSR count). The quantitative estimate of drug-likeness (QED) is 0.176. The van der Waals surface area contributed by atoms with Gasteiger partial charge in [0.25, 0.3) is 0 Å². The minimum absolute atomic E-state index is 0. The van der Waals surface area contributed by atoms with Crippen LogP contribution in [-0.2, 0) is 19.5 Å². The molecule has 0 aromatic rings. The average molecular weight is 542 g/mol. The van der Waals surface area contributed by atoms with Gasteiger partial charge < -0.3 is 21.3 Å². The van der Waals surface area contributed by atoms with Crippen molar-refractivity contribution in [2.24, 2.45) is 0 Å². The summed E-state index contributed by atoms with van der Waals surface area (Å²) in [6, 6.07) is -4.31. The Bertz CT molecular complexity index is 429. The first kappa shape index (κ1) is 37.6. The van der Waals surface area contributed by atoms with Gasteiger partial charge in [-0.25, -0.2) is 0 Å². The van der Waals surface area contributed by atoms with Crippen LogP contribution in [0.5, 0.6) is 0 Å². The van der Waals surface area contributed by atoms with Crippen molar-refractivity contribution < 1.29 is 45.8 Å². The van der Waals surface area contributed by atoms with Gasteiger partial charge in [0, 0.05) is 19.5 Å². The van der Waals surface area contributed by atoms with Gasteiger partial charge in [-0.2, -0.15) is 26.3 Å². The summed E-state index contributed by atoms with van der Waals surface area (Å²) < 4.78 is 75.9. The summed E-state index contributed by atoms with van der Waals surface area (Å²) in [6.07, 6.45) is -8.63. The van der Waals surface area contributed by atoms with Crippen LogP contribution < -0.4 is 0 Å². The normalized spacial score (nSPS) is 16.4. The molecule has 0 fully saturated rings. The Morgan fingerprint density at radius 1 is 0.455 bits per heavy atom. The molecule has 33 heavy (non-hydrogen) atoms. The number of hydrogen-bond acceptors (Lipinski definition) is 0. The smallest absolute Gasteiger partial charge is 0.373 e. The molecule has 0 N–H and O–H groups in total. The molecule has 0 spiro atoms. The summed E-state index contributed by atoms with van der Waals surface area (Å²) in [4.78, 5) is 0. The topological polar surface area (TPSA) is 56.4 Å². The first-order valence-corrected chi connectivity index (χ1v) is 11.2. The molecule has 4 nitrogen and oxygen atoms in total. The van der Waals surface area contributed by atoms with Crippen LogP contribution in [0.1, 0.15) is 82.1 Å². The molecule has 0 aliphatic heterocycles. The minimum atomic E-state index is -4.26. The molecule has 11 heteroatoms. The van der Waals surface area contributed by atoms with Crippen molar-refractivity contribution in [3.63, 3.8) is 0 Å². The zero-order valence-electron chi connectivity index (χ0n) is 21.8. The largest absolute Gasteiger partial charge is 0.657 e. The van der Waals surface area contributed by atoms with Crippen LogP contribution >= 0.6 is 0 Å². The molecule has 0 aromatic carbocycles. The zero-order chi connectivity index (χ0) is 25.9. The first-order chi connectivity index (χ1) is 14.2. The summed E-state index contributed by atoms with van der Waals surface area (Å²) in [7, 11) is 0. The van der Waals surface area contributed by atoms with Gasteiger partial charge in [-0.15, -0.1) is 36.3 Å². The van der Waals surface area contributed by atoms with Crippen LogP contribution in [0.2, 0.25) is 0 Å². The van der Waals surface area contributed by atoms with Crippen molar-refractivity contribution in [2.45, 2.75) is 143 Å². The van der Waals surface area contributed by atoms with E-state index in [2.05, 4.69) is 21.3 Å². The van der Waals surface area contributed by atoms with Crippen LogP contribution in [0, 0.1) is 0 Å². The molecule has 0 bridgehead atoms. The third kappa shape index (κ3) is 22.3. The van der Waals surface area contributed by atoms with E-state index in [9.17, 15) is 26.3 Å². The monoisotopic (exact) mass is 540 g/mol.